The van der Waals surface area contributed by atoms with Crippen LogP contribution in [0.3, 0.4) is 0 Å². The number of hydrogen-bond acceptors (Lipinski definition) is 4. The molecular weight excluding hydrogens is 298 g/mol. The van der Waals surface area contributed by atoms with Gasteiger partial charge in [-0.3, -0.25) is 0 Å². The first-order chi connectivity index (χ1) is 8.58. The molecule has 6 heteroatoms. The quantitative estimate of drug-likeness (QED) is 0.908. The molecule has 0 saturated heterocycles. The van der Waals surface area contributed by atoms with E-state index in [1.54, 1.807) is 12.1 Å². The Morgan fingerprint density at radius 3 is 2.78 bits per heavy atom. The van der Waals surface area contributed by atoms with Gasteiger partial charge in [-0.1, -0.05) is 34.6 Å². The summed E-state index contributed by atoms with van der Waals surface area (Å²) in [5, 5.41) is 12.8. The number of carbonyl (C=O) groups is 1. The number of nitrogens with zero attached hydrogens (tertiary/aromatic N) is 2. The molecule has 0 atom stereocenters. The molecule has 1 heterocycles. The van der Waals surface area contributed by atoms with E-state index in [4.69, 9.17) is 5.11 Å². The Morgan fingerprint density at radius 2 is 2.11 bits per heavy atom. The predicted molar refractivity (Wildman–Crippen MR) is 73.1 cm³/mol. The van der Waals surface area contributed by atoms with Crippen LogP contribution in [-0.2, 0) is 0 Å². The fourth-order valence-corrected chi connectivity index (χ4v) is 1.63. The van der Waals surface area contributed by atoms with Gasteiger partial charge in [0.05, 0.1) is 5.52 Å². The van der Waals surface area contributed by atoms with Gasteiger partial charge in [-0.05, 0) is 12.1 Å². The first-order valence-electron chi connectivity index (χ1n) is 5.15. The molecule has 0 radical (unpaired) electrons. The van der Waals surface area contributed by atoms with Gasteiger partial charge in [-0.2, -0.15) is 0 Å². The second kappa shape index (κ2) is 5.14. The van der Waals surface area contributed by atoms with Gasteiger partial charge < -0.3 is 10.4 Å². The summed E-state index contributed by atoms with van der Waals surface area (Å²) in [6.07, 6.45) is 0. The van der Waals surface area contributed by atoms with Crippen LogP contribution in [0.4, 0.5) is 5.82 Å². The largest absolute Gasteiger partial charge is 0.475 e. The van der Waals surface area contributed by atoms with Crippen molar-refractivity contribution in [2.45, 2.75) is 0 Å². The highest BCUT2D eigenvalue weighted by molar-refractivity contribution is 9.11. The summed E-state index contributed by atoms with van der Waals surface area (Å²) in [4.78, 5) is 18.9. The average molecular weight is 308 g/mol. The molecule has 2 rings (SSSR count). The Kier molecular flexibility index (Phi) is 3.57. The van der Waals surface area contributed by atoms with Crippen LogP contribution in [0.15, 0.2) is 35.3 Å². The number of aromatic nitrogens is 2. The zero-order chi connectivity index (χ0) is 13.1. The van der Waals surface area contributed by atoms with E-state index in [0.29, 0.717) is 17.9 Å². The van der Waals surface area contributed by atoms with Crippen LogP contribution in [0.2, 0.25) is 0 Å². The molecular formula is C12H10BrN3O2. The molecule has 2 aromatic rings. The Labute approximate surface area is 112 Å². The van der Waals surface area contributed by atoms with E-state index in [1.807, 2.05) is 12.1 Å². The molecule has 5 nitrogen and oxygen atoms in total. The van der Waals surface area contributed by atoms with Crippen molar-refractivity contribution in [3.05, 3.63) is 41.2 Å². The number of fused-ring (bicyclic) bond motifs is 1. The first-order valence-corrected chi connectivity index (χ1v) is 5.94. The number of para-hydroxylation sites is 1. The van der Waals surface area contributed by atoms with Crippen molar-refractivity contribution >= 4 is 38.6 Å². The SMILES string of the molecule is C=C(Br)CNc1nc(C(=O)O)nc2ccccc12. The number of nitrogens with one attached hydrogen (secondary N) is 1. The number of halogens is 1. The highest BCUT2D eigenvalue weighted by Crippen LogP contribution is 2.20. The van der Waals surface area contributed by atoms with Gasteiger partial charge in [-0.15, -0.1) is 0 Å². The molecule has 0 bridgehead atoms. The maximum atomic E-state index is 11.0. The summed E-state index contributed by atoms with van der Waals surface area (Å²) in [6, 6.07) is 7.23. The van der Waals surface area contributed by atoms with Crippen molar-refractivity contribution in [3.8, 4) is 0 Å². The summed E-state index contributed by atoms with van der Waals surface area (Å²) in [5.41, 5.74) is 0.590. The summed E-state index contributed by atoms with van der Waals surface area (Å²) >= 11 is 3.23. The van der Waals surface area contributed by atoms with Crippen molar-refractivity contribution in [1.29, 1.82) is 0 Å². The molecule has 18 heavy (non-hydrogen) atoms. The number of hydrogen-bond donors (Lipinski definition) is 2. The van der Waals surface area contributed by atoms with Gasteiger partial charge in [0.1, 0.15) is 5.82 Å². The van der Waals surface area contributed by atoms with Crippen LogP contribution in [0, 0.1) is 0 Å². The Hall–Kier alpha value is -1.95. The average Bonchev–Trinajstić information content (AvgIpc) is 2.35. The maximum Gasteiger partial charge on any atom is 0.374 e. The zero-order valence-corrected chi connectivity index (χ0v) is 10.9. The lowest BCUT2D eigenvalue weighted by Gasteiger charge is -2.08. The predicted octanol–water partition coefficient (Wildman–Crippen LogP) is 2.65. The molecule has 0 aliphatic carbocycles. The molecule has 0 unspecified atom stereocenters. The normalized spacial score (nSPS) is 10.3. The number of carboxylic acid groups (broad SMARTS) is 1. The number of benzene rings is 1. The van der Waals surface area contributed by atoms with Crippen molar-refractivity contribution in [3.63, 3.8) is 0 Å². The maximum absolute atomic E-state index is 11.0. The summed E-state index contributed by atoms with van der Waals surface area (Å²) in [6.45, 7) is 4.16. The van der Waals surface area contributed by atoms with Gasteiger partial charge >= 0.3 is 5.97 Å². The van der Waals surface area contributed by atoms with Gasteiger partial charge in [0.2, 0.25) is 5.82 Å². The second-order valence-electron chi connectivity index (χ2n) is 3.59. The van der Waals surface area contributed by atoms with Gasteiger partial charge in [0.15, 0.2) is 0 Å². The van der Waals surface area contributed by atoms with Crippen molar-refractivity contribution in [2.75, 3.05) is 11.9 Å². The molecule has 0 spiro atoms. The lowest BCUT2D eigenvalue weighted by atomic mass is 10.2. The summed E-state index contributed by atoms with van der Waals surface area (Å²) in [5.74, 6) is -0.892. The number of aromatic carboxylic acids is 1. The third kappa shape index (κ3) is 2.65. The highest BCUT2D eigenvalue weighted by Gasteiger charge is 2.12. The molecule has 0 aliphatic heterocycles. The van der Waals surface area contributed by atoms with E-state index in [1.165, 1.54) is 0 Å². The minimum Gasteiger partial charge on any atom is -0.475 e. The van der Waals surface area contributed by atoms with Crippen molar-refractivity contribution < 1.29 is 9.90 Å². The summed E-state index contributed by atoms with van der Waals surface area (Å²) in [7, 11) is 0. The Balaban J connectivity index is 2.53. The smallest absolute Gasteiger partial charge is 0.374 e. The number of anilines is 1. The van der Waals surface area contributed by atoms with Gasteiger partial charge in [-0.25, -0.2) is 14.8 Å². The van der Waals surface area contributed by atoms with E-state index in [0.717, 1.165) is 9.87 Å². The Morgan fingerprint density at radius 1 is 1.39 bits per heavy atom. The minimum absolute atomic E-state index is 0.226. The van der Waals surface area contributed by atoms with Crippen LogP contribution in [0.5, 0.6) is 0 Å². The van der Waals surface area contributed by atoms with Crippen molar-refractivity contribution in [2.24, 2.45) is 0 Å². The standard InChI is InChI=1S/C12H10BrN3O2/c1-7(13)6-14-10-8-4-2-3-5-9(8)15-11(16-10)12(17)18/h2-5H,1,6H2,(H,17,18)(H,14,15,16). The van der Waals surface area contributed by atoms with E-state index in [-0.39, 0.29) is 5.82 Å². The minimum atomic E-state index is -1.15. The molecule has 0 amide bonds. The van der Waals surface area contributed by atoms with E-state index >= 15 is 0 Å². The second-order valence-corrected chi connectivity index (χ2v) is 4.71. The topological polar surface area (TPSA) is 75.1 Å². The fourth-order valence-electron chi connectivity index (χ4n) is 1.49. The molecule has 0 saturated carbocycles. The van der Waals surface area contributed by atoms with Crippen LogP contribution in [0.25, 0.3) is 10.9 Å². The molecule has 0 fully saturated rings. The number of carboxylic acids is 1. The zero-order valence-electron chi connectivity index (χ0n) is 9.35. The third-order valence-corrected chi connectivity index (χ3v) is 2.52. The van der Waals surface area contributed by atoms with E-state index in [2.05, 4.69) is 37.8 Å². The molecule has 1 aromatic heterocycles. The first kappa shape index (κ1) is 12.5. The van der Waals surface area contributed by atoms with Gasteiger partial charge in [0, 0.05) is 16.4 Å². The Bertz CT molecular complexity index is 628. The van der Waals surface area contributed by atoms with Crippen LogP contribution >= 0.6 is 15.9 Å². The fraction of sp³-hybridized carbons (Fsp3) is 0.0833. The van der Waals surface area contributed by atoms with Gasteiger partial charge in [0.25, 0.3) is 0 Å². The van der Waals surface area contributed by atoms with E-state index < -0.39 is 5.97 Å². The molecule has 92 valence electrons. The van der Waals surface area contributed by atoms with Crippen LogP contribution in [-0.4, -0.2) is 27.6 Å². The lowest BCUT2D eigenvalue weighted by molar-refractivity contribution is 0.0684. The highest BCUT2D eigenvalue weighted by atomic mass is 79.9. The van der Waals surface area contributed by atoms with Crippen LogP contribution < -0.4 is 5.32 Å². The third-order valence-electron chi connectivity index (χ3n) is 2.24. The monoisotopic (exact) mass is 307 g/mol. The van der Waals surface area contributed by atoms with E-state index in [9.17, 15) is 4.79 Å². The lowest BCUT2D eigenvalue weighted by Crippen LogP contribution is -2.10. The molecule has 0 aliphatic rings. The number of rotatable bonds is 4. The van der Waals surface area contributed by atoms with Crippen LogP contribution in [0.1, 0.15) is 10.6 Å². The van der Waals surface area contributed by atoms with Crippen molar-refractivity contribution in [1.82, 2.24) is 9.97 Å². The molecule has 2 N–H and O–H groups in total. The molecule has 1 aromatic carbocycles. The summed E-state index contributed by atoms with van der Waals surface area (Å²) < 4.78 is 0.752.